The van der Waals surface area contributed by atoms with Crippen molar-refractivity contribution in [2.45, 2.75) is 19.5 Å². The second kappa shape index (κ2) is 9.11. The Labute approximate surface area is 202 Å². The van der Waals surface area contributed by atoms with Crippen LogP contribution in [0.1, 0.15) is 29.9 Å². The van der Waals surface area contributed by atoms with E-state index in [1.165, 1.54) is 0 Å². The number of fused-ring (bicyclic) bond motifs is 2. The summed E-state index contributed by atoms with van der Waals surface area (Å²) in [7, 11) is 1.66. The molecule has 0 saturated heterocycles. The minimum Gasteiger partial charge on any atom is -0.497 e. The molecule has 5 rings (SSSR count). The Balaban J connectivity index is 1.44. The molecule has 1 unspecified atom stereocenters. The van der Waals surface area contributed by atoms with Crippen LogP contribution < -0.4 is 10.1 Å². The highest BCUT2D eigenvalue weighted by Crippen LogP contribution is 2.30. The number of nitrogens with one attached hydrogen (secondary N) is 1. The molecule has 0 fully saturated rings. The Morgan fingerprint density at radius 1 is 1.15 bits per heavy atom. The van der Waals surface area contributed by atoms with E-state index in [1.54, 1.807) is 25.8 Å². The van der Waals surface area contributed by atoms with Crippen LogP contribution in [0.2, 0.25) is 5.02 Å². The number of aromatic nitrogens is 5. The molecule has 170 valence electrons. The molecule has 1 atom stereocenters. The van der Waals surface area contributed by atoms with Gasteiger partial charge in [0, 0.05) is 5.39 Å². The zero-order valence-corrected chi connectivity index (χ0v) is 19.6. The first-order valence-electron chi connectivity index (χ1n) is 10.8. The number of rotatable bonds is 7. The number of hydrogen-bond donors (Lipinski definition) is 1. The third-order valence-corrected chi connectivity index (χ3v) is 6.07. The van der Waals surface area contributed by atoms with Crippen LogP contribution in [0.25, 0.3) is 28.0 Å². The summed E-state index contributed by atoms with van der Waals surface area (Å²) < 4.78 is 7.24. The topological polar surface area (TPSA) is 77.8 Å². The van der Waals surface area contributed by atoms with Gasteiger partial charge in [0.25, 0.3) is 0 Å². The molecule has 0 saturated carbocycles. The predicted octanol–water partition coefficient (Wildman–Crippen LogP) is 5.90. The number of imidazole rings is 1. The molecule has 8 heteroatoms. The Hall–Kier alpha value is -3.97. The molecule has 0 aliphatic rings. The Kier molecular flexibility index (Phi) is 5.86. The SMILES string of the molecule is C=Cc1nc(C(C)Nc2ncnc3c2ncn3Cc2ccc(OC)cc2)cc2cccc(Cl)c12. The Morgan fingerprint density at radius 3 is 2.74 bits per heavy atom. The van der Waals surface area contributed by atoms with Crippen molar-refractivity contribution in [3.05, 3.63) is 89.7 Å². The second-order valence-corrected chi connectivity index (χ2v) is 8.36. The minimum atomic E-state index is -0.132. The molecule has 5 aromatic rings. The van der Waals surface area contributed by atoms with Crippen LogP contribution in [0.5, 0.6) is 5.75 Å². The number of pyridine rings is 1. The molecule has 0 spiro atoms. The van der Waals surface area contributed by atoms with Gasteiger partial charge in [0.05, 0.1) is 42.4 Å². The van der Waals surface area contributed by atoms with Gasteiger partial charge in [-0.1, -0.05) is 42.4 Å². The van der Waals surface area contributed by atoms with Crippen LogP contribution in [-0.4, -0.2) is 31.6 Å². The van der Waals surface area contributed by atoms with Gasteiger partial charge in [-0.25, -0.2) is 15.0 Å². The highest BCUT2D eigenvalue weighted by atomic mass is 35.5. The predicted molar refractivity (Wildman–Crippen MR) is 136 cm³/mol. The lowest BCUT2D eigenvalue weighted by Crippen LogP contribution is -2.11. The summed E-state index contributed by atoms with van der Waals surface area (Å²) in [4.78, 5) is 18.3. The van der Waals surface area contributed by atoms with Crippen LogP contribution in [0, 0.1) is 0 Å². The smallest absolute Gasteiger partial charge is 0.165 e. The van der Waals surface area contributed by atoms with E-state index in [2.05, 4.69) is 26.8 Å². The van der Waals surface area contributed by atoms with E-state index in [-0.39, 0.29) is 6.04 Å². The second-order valence-electron chi connectivity index (χ2n) is 7.96. The molecule has 0 amide bonds. The van der Waals surface area contributed by atoms with Crippen molar-refractivity contribution < 1.29 is 4.74 Å². The van der Waals surface area contributed by atoms with E-state index in [0.717, 1.165) is 39.1 Å². The summed E-state index contributed by atoms with van der Waals surface area (Å²) in [6.07, 6.45) is 5.06. The highest BCUT2D eigenvalue weighted by Gasteiger charge is 2.16. The molecule has 34 heavy (non-hydrogen) atoms. The molecular formula is C26H23ClN6O. The maximum atomic E-state index is 6.41. The molecule has 0 aliphatic carbocycles. The summed E-state index contributed by atoms with van der Waals surface area (Å²) in [5, 5.41) is 6.02. The van der Waals surface area contributed by atoms with Crippen LogP contribution in [0.15, 0.2) is 67.8 Å². The van der Waals surface area contributed by atoms with E-state index in [9.17, 15) is 0 Å². The highest BCUT2D eigenvalue weighted by molar-refractivity contribution is 6.36. The van der Waals surface area contributed by atoms with Crippen LogP contribution in [0.3, 0.4) is 0 Å². The van der Waals surface area contributed by atoms with E-state index < -0.39 is 0 Å². The first-order valence-corrected chi connectivity index (χ1v) is 11.2. The molecule has 0 aliphatic heterocycles. The van der Waals surface area contributed by atoms with Crippen LogP contribution in [0.4, 0.5) is 5.82 Å². The van der Waals surface area contributed by atoms with Crippen molar-refractivity contribution in [3.63, 3.8) is 0 Å². The van der Waals surface area contributed by atoms with Crippen molar-refractivity contribution in [2.75, 3.05) is 12.4 Å². The quantitative estimate of drug-likeness (QED) is 0.319. The van der Waals surface area contributed by atoms with Gasteiger partial charge in [0.1, 0.15) is 17.6 Å². The van der Waals surface area contributed by atoms with Gasteiger partial charge >= 0.3 is 0 Å². The summed E-state index contributed by atoms with van der Waals surface area (Å²) in [6.45, 7) is 6.59. The third kappa shape index (κ3) is 4.06. The van der Waals surface area contributed by atoms with E-state index in [1.807, 2.05) is 60.0 Å². The Bertz CT molecular complexity index is 1500. The van der Waals surface area contributed by atoms with Gasteiger partial charge in [0.15, 0.2) is 11.5 Å². The largest absolute Gasteiger partial charge is 0.497 e. The molecule has 0 bridgehead atoms. The summed E-state index contributed by atoms with van der Waals surface area (Å²) in [6, 6.07) is 15.7. The van der Waals surface area contributed by atoms with Crippen molar-refractivity contribution in [1.82, 2.24) is 24.5 Å². The number of halogens is 1. The van der Waals surface area contributed by atoms with E-state index >= 15 is 0 Å². The van der Waals surface area contributed by atoms with Crippen LogP contribution >= 0.6 is 11.6 Å². The first kappa shape index (κ1) is 21.9. The summed E-state index contributed by atoms with van der Waals surface area (Å²) in [5.74, 6) is 1.48. The van der Waals surface area contributed by atoms with Crippen molar-refractivity contribution in [2.24, 2.45) is 0 Å². The zero-order chi connectivity index (χ0) is 23.7. The molecule has 2 aromatic carbocycles. The normalized spacial score (nSPS) is 12.1. The number of methoxy groups -OCH3 is 1. The fourth-order valence-corrected chi connectivity index (χ4v) is 4.27. The molecular weight excluding hydrogens is 448 g/mol. The molecule has 1 N–H and O–H groups in total. The van der Waals surface area contributed by atoms with Crippen molar-refractivity contribution in [1.29, 1.82) is 0 Å². The summed E-state index contributed by atoms with van der Waals surface area (Å²) >= 11 is 6.41. The molecule has 7 nitrogen and oxygen atoms in total. The lowest BCUT2D eigenvalue weighted by atomic mass is 10.1. The standard InChI is InChI=1S/C26H23ClN6O/c1-4-21-23-18(6-5-7-20(23)27)12-22(32-21)16(2)31-25-24-26(29-14-28-25)33(15-30-24)13-17-8-10-19(34-3)11-9-17/h4-12,14-16H,1,13H2,2-3H3,(H,28,29,31). The monoisotopic (exact) mass is 470 g/mol. The van der Waals surface area contributed by atoms with E-state index in [0.29, 0.717) is 22.9 Å². The molecule has 0 radical (unpaired) electrons. The minimum absolute atomic E-state index is 0.132. The summed E-state index contributed by atoms with van der Waals surface area (Å²) in [5.41, 5.74) is 4.19. The molecule has 3 aromatic heterocycles. The first-order chi connectivity index (χ1) is 16.6. The van der Waals surface area contributed by atoms with Crippen LogP contribution in [-0.2, 0) is 6.54 Å². The number of ether oxygens (including phenoxy) is 1. The Morgan fingerprint density at radius 2 is 1.97 bits per heavy atom. The van der Waals surface area contributed by atoms with Gasteiger partial charge in [-0.05, 0) is 48.2 Å². The maximum absolute atomic E-state index is 6.41. The van der Waals surface area contributed by atoms with E-state index in [4.69, 9.17) is 21.3 Å². The lowest BCUT2D eigenvalue weighted by Gasteiger charge is -2.16. The zero-order valence-electron chi connectivity index (χ0n) is 18.9. The van der Waals surface area contributed by atoms with Gasteiger partial charge in [-0.15, -0.1) is 0 Å². The fraction of sp³-hybridized carbons (Fsp3) is 0.154. The van der Waals surface area contributed by atoms with Crippen molar-refractivity contribution >= 4 is 45.4 Å². The third-order valence-electron chi connectivity index (χ3n) is 5.76. The molecule has 3 heterocycles. The van der Waals surface area contributed by atoms with Gasteiger partial charge in [-0.3, -0.25) is 4.98 Å². The average Bonchev–Trinajstić information content (AvgIpc) is 3.27. The lowest BCUT2D eigenvalue weighted by molar-refractivity contribution is 0.414. The number of benzene rings is 2. The maximum Gasteiger partial charge on any atom is 0.165 e. The van der Waals surface area contributed by atoms with Gasteiger partial charge in [0.2, 0.25) is 0 Å². The van der Waals surface area contributed by atoms with Gasteiger partial charge < -0.3 is 14.6 Å². The number of nitrogens with zero attached hydrogens (tertiary/aromatic N) is 5. The average molecular weight is 471 g/mol. The number of anilines is 1. The number of hydrogen-bond acceptors (Lipinski definition) is 6. The van der Waals surface area contributed by atoms with Crippen molar-refractivity contribution in [3.8, 4) is 5.75 Å². The van der Waals surface area contributed by atoms with Gasteiger partial charge in [-0.2, -0.15) is 0 Å². The fourth-order valence-electron chi connectivity index (χ4n) is 4.00.